The Morgan fingerprint density at radius 1 is 1.40 bits per heavy atom. The van der Waals surface area contributed by atoms with Gasteiger partial charge < -0.3 is 10.2 Å². The fourth-order valence-corrected chi connectivity index (χ4v) is 1.98. The largest absolute Gasteiger partial charge is 0.369 e. The molecule has 0 aromatic carbocycles. The lowest BCUT2D eigenvalue weighted by molar-refractivity contribution is 0.437. The highest BCUT2D eigenvalue weighted by Gasteiger charge is 1.99. The third-order valence-corrected chi connectivity index (χ3v) is 2.64. The van der Waals surface area contributed by atoms with E-state index in [1.54, 1.807) is 24.2 Å². The van der Waals surface area contributed by atoms with Gasteiger partial charge in [-0.3, -0.25) is 4.98 Å². The summed E-state index contributed by atoms with van der Waals surface area (Å²) in [6.07, 6.45) is 3.56. The van der Waals surface area contributed by atoms with Crippen LogP contribution in [0.15, 0.2) is 17.4 Å². The van der Waals surface area contributed by atoms with Crippen molar-refractivity contribution in [3.8, 4) is 0 Å². The van der Waals surface area contributed by atoms with Crippen molar-refractivity contribution < 1.29 is 0 Å². The van der Waals surface area contributed by atoms with Crippen molar-refractivity contribution >= 4 is 17.6 Å². The van der Waals surface area contributed by atoms with E-state index in [9.17, 15) is 0 Å². The van der Waals surface area contributed by atoms with E-state index in [4.69, 9.17) is 0 Å². The molecule has 0 radical (unpaired) electrons. The number of nitrogens with zero attached hydrogens (tertiary/aromatic N) is 3. The fraction of sp³-hybridized carbons (Fsp3) is 0.600. The summed E-state index contributed by atoms with van der Waals surface area (Å²) < 4.78 is 0. The monoisotopic (exact) mass is 226 g/mol. The van der Waals surface area contributed by atoms with Crippen molar-refractivity contribution in [2.45, 2.75) is 11.9 Å². The van der Waals surface area contributed by atoms with Crippen LogP contribution in [0.4, 0.5) is 5.82 Å². The molecular formula is C10H18N4S. The van der Waals surface area contributed by atoms with Crippen LogP contribution >= 0.6 is 11.8 Å². The molecule has 0 spiro atoms. The Bertz CT molecular complexity index is 291. The van der Waals surface area contributed by atoms with E-state index in [1.807, 2.05) is 6.92 Å². The predicted octanol–water partition coefficient (Wildman–Crippen LogP) is 1.56. The molecule has 1 heterocycles. The van der Waals surface area contributed by atoms with Gasteiger partial charge >= 0.3 is 0 Å². The first-order chi connectivity index (χ1) is 7.22. The summed E-state index contributed by atoms with van der Waals surface area (Å²) in [5.41, 5.74) is 0. The van der Waals surface area contributed by atoms with E-state index in [-0.39, 0.29) is 0 Å². The molecule has 0 unspecified atom stereocenters. The van der Waals surface area contributed by atoms with Gasteiger partial charge in [0.15, 0.2) is 0 Å². The third-order valence-electron chi connectivity index (χ3n) is 1.76. The highest BCUT2D eigenvalue weighted by atomic mass is 32.2. The summed E-state index contributed by atoms with van der Waals surface area (Å²) in [6, 6.07) is 0. The second-order valence-corrected chi connectivity index (χ2v) is 4.54. The maximum absolute atomic E-state index is 4.43. The molecule has 0 aliphatic rings. The molecule has 0 aliphatic heterocycles. The van der Waals surface area contributed by atoms with Crippen molar-refractivity contribution in [2.75, 3.05) is 38.3 Å². The summed E-state index contributed by atoms with van der Waals surface area (Å²) in [5.74, 6) is 1.89. The lowest BCUT2D eigenvalue weighted by Crippen LogP contribution is -2.14. The molecule has 1 aromatic rings. The van der Waals surface area contributed by atoms with Crippen LogP contribution in [0.5, 0.6) is 0 Å². The minimum absolute atomic E-state index is 0.854. The molecule has 0 saturated heterocycles. The molecule has 5 heteroatoms. The Morgan fingerprint density at radius 2 is 2.20 bits per heavy atom. The van der Waals surface area contributed by atoms with Crippen LogP contribution < -0.4 is 5.32 Å². The zero-order valence-electron chi connectivity index (χ0n) is 9.53. The average molecular weight is 226 g/mol. The minimum atomic E-state index is 0.854. The van der Waals surface area contributed by atoms with Crippen LogP contribution in [0.2, 0.25) is 0 Å². The topological polar surface area (TPSA) is 41.1 Å². The highest BCUT2D eigenvalue weighted by molar-refractivity contribution is 7.99. The Kier molecular flexibility index (Phi) is 5.42. The summed E-state index contributed by atoms with van der Waals surface area (Å²) in [7, 11) is 4.14. The van der Waals surface area contributed by atoms with Gasteiger partial charge in [-0.2, -0.15) is 0 Å². The Labute approximate surface area is 95.5 Å². The summed E-state index contributed by atoms with van der Waals surface area (Å²) in [4.78, 5) is 10.7. The maximum atomic E-state index is 4.43. The molecule has 4 nitrogen and oxygen atoms in total. The Morgan fingerprint density at radius 3 is 2.87 bits per heavy atom. The number of nitrogens with one attached hydrogen (secondary N) is 1. The molecule has 84 valence electrons. The molecule has 0 saturated carbocycles. The number of aromatic nitrogens is 2. The van der Waals surface area contributed by atoms with Crippen LogP contribution in [0.1, 0.15) is 6.92 Å². The van der Waals surface area contributed by atoms with Gasteiger partial charge in [-0.1, -0.05) is 0 Å². The number of rotatable bonds is 6. The lowest BCUT2D eigenvalue weighted by atomic mass is 10.6. The first-order valence-corrected chi connectivity index (χ1v) is 6.04. The number of thioether (sulfide) groups is 1. The first kappa shape index (κ1) is 12.3. The number of anilines is 1. The first-order valence-electron chi connectivity index (χ1n) is 5.06. The van der Waals surface area contributed by atoms with Gasteiger partial charge in [-0.05, 0) is 21.0 Å². The molecule has 15 heavy (non-hydrogen) atoms. The van der Waals surface area contributed by atoms with E-state index in [1.165, 1.54) is 0 Å². The molecule has 0 amide bonds. The van der Waals surface area contributed by atoms with Gasteiger partial charge in [-0.25, -0.2) is 4.98 Å². The number of hydrogen-bond acceptors (Lipinski definition) is 5. The van der Waals surface area contributed by atoms with Crippen LogP contribution in [0.25, 0.3) is 0 Å². The van der Waals surface area contributed by atoms with Crippen LogP contribution in [0, 0.1) is 0 Å². The Hall–Kier alpha value is -0.810. The molecule has 0 atom stereocenters. The molecule has 1 N–H and O–H groups in total. The predicted molar refractivity (Wildman–Crippen MR) is 65.5 cm³/mol. The van der Waals surface area contributed by atoms with E-state index in [0.29, 0.717) is 0 Å². The minimum Gasteiger partial charge on any atom is -0.369 e. The van der Waals surface area contributed by atoms with E-state index in [2.05, 4.69) is 34.3 Å². The van der Waals surface area contributed by atoms with Gasteiger partial charge in [0, 0.05) is 18.8 Å². The standard InChI is InChI=1S/C10H18N4S/c1-4-12-9-7-11-8-10(13-9)15-6-5-14(2)3/h7-8H,4-6H2,1-3H3,(H,12,13). The maximum Gasteiger partial charge on any atom is 0.145 e. The SMILES string of the molecule is CCNc1cncc(SCCN(C)C)n1. The van der Waals surface area contributed by atoms with E-state index < -0.39 is 0 Å². The van der Waals surface area contributed by atoms with Crippen molar-refractivity contribution in [3.05, 3.63) is 12.4 Å². The highest BCUT2D eigenvalue weighted by Crippen LogP contribution is 2.15. The quantitative estimate of drug-likeness (QED) is 0.746. The average Bonchev–Trinajstić information content (AvgIpc) is 2.18. The molecule has 1 aromatic heterocycles. The smallest absolute Gasteiger partial charge is 0.145 e. The normalized spacial score (nSPS) is 10.7. The Balaban J connectivity index is 2.43. The molecule has 1 rings (SSSR count). The molecule has 0 fully saturated rings. The summed E-state index contributed by atoms with van der Waals surface area (Å²) in [6.45, 7) is 3.98. The van der Waals surface area contributed by atoms with E-state index >= 15 is 0 Å². The van der Waals surface area contributed by atoms with Crippen LogP contribution in [-0.2, 0) is 0 Å². The van der Waals surface area contributed by atoms with Crippen molar-refractivity contribution in [3.63, 3.8) is 0 Å². The molecule has 0 bridgehead atoms. The summed E-state index contributed by atoms with van der Waals surface area (Å²) >= 11 is 1.73. The van der Waals surface area contributed by atoms with Gasteiger partial charge in [0.25, 0.3) is 0 Å². The number of hydrogen-bond donors (Lipinski definition) is 1. The van der Waals surface area contributed by atoms with Crippen LogP contribution in [0.3, 0.4) is 0 Å². The van der Waals surface area contributed by atoms with Gasteiger partial charge in [0.1, 0.15) is 10.8 Å². The summed E-state index contributed by atoms with van der Waals surface area (Å²) in [5, 5.41) is 4.13. The second-order valence-electron chi connectivity index (χ2n) is 3.42. The second kappa shape index (κ2) is 6.63. The van der Waals surface area contributed by atoms with Gasteiger partial charge in [0.05, 0.1) is 12.4 Å². The molecular weight excluding hydrogens is 208 g/mol. The fourth-order valence-electron chi connectivity index (χ4n) is 1.02. The lowest BCUT2D eigenvalue weighted by Gasteiger charge is -2.08. The zero-order valence-corrected chi connectivity index (χ0v) is 10.3. The van der Waals surface area contributed by atoms with Gasteiger partial charge in [0.2, 0.25) is 0 Å². The van der Waals surface area contributed by atoms with Crippen molar-refractivity contribution in [2.24, 2.45) is 0 Å². The van der Waals surface area contributed by atoms with Gasteiger partial charge in [-0.15, -0.1) is 11.8 Å². The van der Waals surface area contributed by atoms with E-state index in [0.717, 1.165) is 29.7 Å². The van der Waals surface area contributed by atoms with Crippen LogP contribution in [-0.4, -0.2) is 47.8 Å². The zero-order chi connectivity index (χ0) is 11.1. The third kappa shape index (κ3) is 4.99. The van der Waals surface area contributed by atoms with Crippen molar-refractivity contribution in [1.29, 1.82) is 0 Å². The van der Waals surface area contributed by atoms with Crippen molar-refractivity contribution in [1.82, 2.24) is 14.9 Å². The molecule has 0 aliphatic carbocycles.